The summed E-state index contributed by atoms with van der Waals surface area (Å²) >= 11 is 1.82. The fourth-order valence-electron chi connectivity index (χ4n) is 5.23. The third kappa shape index (κ3) is 2.35. The van der Waals surface area contributed by atoms with Crippen molar-refractivity contribution in [2.75, 3.05) is 5.75 Å². The Morgan fingerprint density at radius 1 is 1.17 bits per heavy atom. The molecule has 23 heavy (non-hydrogen) atoms. The highest BCUT2D eigenvalue weighted by atomic mass is 32.2. The standard InChI is InChI=1S/C18H28O4S/c1-5-10-23-15-12(3)14-7-6-11(2)13-8-9-17(4)20-16(19-15)18(13,14)22-21-17/h5,11-16H,1,6-10H2,2-4H3/t11-,12-,13+,14+,15+,16-,17-,18-/m1/s1. The molecule has 5 fully saturated rings. The van der Waals surface area contributed by atoms with Crippen molar-refractivity contribution in [1.82, 2.24) is 0 Å². The van der Waals surface area contributed by atoms with E-state index in [2.05, 4.69) is 20.4 Å². The van der Waals surface area contributed by atoms with Gasteiger partial charge in [0.25, 0.3) is 0 Å². The van der Waals surface area contributed by atoms with Crippen molar-refractivity contribution in [1.29, 1.82) is 0 Å². The van der Waals surface area contributed by atoms with Crippen molar-refractivity contribution in [3.8, 4) is 0 Å². The second-order valence-electron chi connectivity index (χ2n) is 7.90. The molecule has 0 aromatic heterocycles. The summed E-state index contributed by atoms with van der Waals surface area (Å²) in [5.41, 5.74) is -0.299. The molecule has 4 nitrogen and oxygen atoms in total. The summed E-state index contributed by atoms with van der Waals surface area (Å²) in [6.45, 7) is 10.5. The van der Waals surface area contributed by atoms with Gasteiger partial charge in [-0.05, 0) is 43.9 Å². The molecule has 0 aromatic rings. The molecule has 0 unspecified atom stereocenters. The van der Waals surface area contributed by atoms with Gasteiger partial charge in [-0.3, -0.25) is 0 Å². The molecule has 4 saturated heterocycles. The van der Waals surface area contributed by atoms with Crippen LogP contribution in [0.25, 0.3) is 0 Å². The highest BCUT2D eigenvalue weighted by molar-refractivity contribution is 7.99. The minimum absolute atomic E-state index is 0.134. The Balaban J connectivity index is 1.71. The molecular formula is C18H28O4S. The van der Waals surface area contributed by atoms with E-state index in [1.54, 1.807) is 0 Å². The lowest BCUT2D eigenvalue weighted by molar-refractivity contribution is -0.568. The van der Waals surface area contributed by atoms with Crippen LogP contribution in [0, 0.1) is 23.7 Å². The molecule has 5 aliphatic rings. The second kappa shape index (κ2) is 5.73. The molecule has 0 aromatic carbocycles. The van der Waals surface area contributed by atoms with Crippen LogP contribution in [-0.2, 0) is 19.2 Å². The van der Waals surface area contributed by atoms with E-state index in [0.717, 1.165) is 25.0 Å². The maximum absolute atomic E-state index is 6.45. The van der Waals surface area contributed by atoms with Crippen molar-refractivity contribution in [2.45, 2.75) is 69.6 Å². The average molecular weight is 340 g/mol. The molecule has 5 heteroatoms. The number of ether oxygens (including phenoxy) is 2. The maximum Gasteiger partial charge on any atom is 0.201 e. The third-order valence-electron chi connectivity index (χ3n) is 6.48. The second-order valence-corrected chi connectivity index (χ2v) is 9.03. The van der Waals surface area contributed by atoms with E-state index in [1.165, 1.54) is 6.42 Å². The van der Waals surface area contributed by atoms with Crippen LogP contribution in [0.5, 0.6) is 0 Å². The number of rotatable bonds is 3. The molecule has 0 N–H and O–H groups in total. The van der Waals surface area contributed by atoms with Crippen molar-refractivity contribution in [3.63, 3.8) is 0 Å². The van der Waals surface area contributed by atoms with Gasteiger partial charge in [0.15, 0.2) is 11.9 Å². The molecule has 1 spiro atoms. The van der Waals surface area contributed by atoms with Crippen LogP contribution in [0.3, 0.4) is 0 Å². The minimum Gasteiger partial charge on any atom is -0.335 e. The number of hydrogen-bond acceptors (Lipinski definition) is 5. The van der Waals surface area contributed by atoms with E-state index in [-0.39, 0.29) is 11.7 Å². The van der Waals surface area contributed by atoms with Crippen LogP contribution in [0.2, 0.25) is 0 Å². The molecule has 0 radical (unpaired) electrons. The zero-order chi connectivity index (χ0) is 16.2. The normalized spacial score (nSPS) is 55.1. The van der Waals surface area contributed by atoms with Crippen LogP contribution >= 0.6 is 11.8 Å². The Bertz CT molecular complexity index is 486. The molecule has 4 heterocycles. The first-order valence-corrected chi connectivity index (χ1v) is 9.97. The Kier molecular flexibility index (Phi) is 4.09. The Labute approximate surface area is 143 Å². The quantitative estimate of drug-likeness (QED) is 0.571. The van der Waals surface area contributed by atoms with Crippen LogP contribution in [0.4, 0.5) is 0 Å². The smallest absolute Gasteiger partial charge is 0.201 e. The molecule has 130 valence electrons. The Morgan fingerprint density at radius 3 is 2.78 bits per heavy atom. The summed E-state index contributed by atoms with van der Waals surface area (Å²) in [5, 5.41) is 0. The van der Waals surface area contributed by atoms with E-state index in [0.29, 0.717) is 23.7 Å². The largest absolute Gasteiger partial charge is 0.335 e. The van der Waals surface area contributed by atoms with Gasteiger partial charge in [0.05, 0.1) is 0 Å². The zero-order valence-electron chi connectivity index (χ0n) is 14.3. The molecule has 5 rings (SSSR count). The van der Waals surface area contributed by atoms with E-state index >= 15 is 0 Å². The average Bonchev–Trinajstić information content (AvgIpc) is 2.76. The van der Waals surface area contributed by atoms with Gasteiger partial charge in [-0.15, -0.1) is 18.3 Å². The Morgan fingerprint density at radius 2 is 2.00 bits per heavy atom. The molecule has 0 amide bonds. The third-order valence-corrected chi connectivity index (χ3v) is 7.77. The zero-order valence-corrected chi connectivity index (χ0v) is 15.1. The van der Waals surface area contributed by atoms with E-state index in [9.17, 15) is 0 Å². The summed E-state index contributed by atoms with van der Waals surface area (Å²) in [4.78, 5) is 12.0. The van der Waals surface area contributed by atoms with E-state index in [4.69, 9.17) is 19.2 Å². The topological polar surface area (TPSA) is 36.9 Å². The van der Waals surface area contributed by atoms with Gasteiger partial charge in [0.2, 0.25) is 5.79 Å². The van der Waals surface area contributed by atoms with Crippen LogP contribution in [0.15, 0.2) is 12.7 Å². The first kappa shape index (κ1) is 16.4. The van der Waals surface area contributed by atoms with Crippen molar-refractivity contribution in [2.24, 2.45) is 23.7 Å². The van der Waals surface area contributed by atoms with Gasteiger partial charge in [0, 0.05) is 18.1 Å². The first-order chi connectivity index (χ1) is 11.0. The molecule has 1 aliphatic carbocycles. The summed E-state index contributed by atoms with van der Waals surface area (Å²) in [5.74, 6) is 2.13. The van der Waals surface area contributed by atoms with Gasteiger partial charge in [-0.2, -0.15) is 0 Å². The summed E-state index contributed by atoms with van der Waals surface area (Å²) in [7, 11) is 0. The molecule has 4 aliphatic heterocycles. The number of hydrogen-bond donors (Lipinski definition) is 0. The highest BCUT2D eigenvalue weighted by Crippen LogP contribution is 2.61. The lowest BCUT2D eigenvalue weighted by Gasteiger charge is -2.60. The van der Waals surface area contributed by atoms with Crippen molar-refractivity contribution >= 4 is 11.8 Å². The van der Waals surface area contributed by atoms with Gasteiger partial charge in [-0.1, -0.05) is 19.9 Å². The summed E-state index contributed by atoms with van der Waals surface area (Å²) in [6, 6.07) is 0. The SMILES string of the molecule is C=CCS[C@@H]1O[C@@H]2O[C@@]3(C)CC[C@H]4[C@H](C)CC[C@@H]([C@H]1C)[C@@]24OO3. The van der Waals surface area contributed by atoms with Crippen molar-refractivity contribution < 1.29 is 19.2 Å². The number of thioether (sulfide) groups is 1. The minimum atomic E-state index is -0.675. The van der Waals surface area contributed by atoms with Gasteiger partial charge < -0.3 is 9.47 Å². The predicted octanol–water partition coefficient (Wildman–Crippen LogP) is 4.11. The summed E-state index contributed by atoms with van der Waals surface area (Å²) < 4.78 is 12.8. The van der Waals surface area contributed by atoms with E-state index in [1.807, 2.05) is 24.8 Å². The monoisotopic (exact) mass is 340 g/mol. The fraction of sp³-hybridized carbons (Fsp3) is 0.889. The van der Waals surface area contributed by atoms with Gasteiger partial charge >= 0.3 is 0 Å². The molecule has 1 saturated carbocycles. The molecular weight excluding hydrogens is 312 g/mol. The highest BCUT2D eigenvalue weighted by Gasteiger charge is 2.69. The van der Waals surface area contributed by atoms with Gasteiger partial charge in [-0.25, -0.2) is 9.78 Å². The lowest BCUT2D eigenvalue weighted by atomic mass is 9.58. The predicted molar refractivity (Wildman–Crippen MR) is 89.5 cm³/mol. The lowest BCUT2D eigenvalue weighted by Crippen LogP contribution is -2.70. The summed E-state index contributed by atoms with van der Waals surface area (Å²) in [6.07, 6.45) is 6.00. The van der Waals surface area contributed by atoms with E-state index < -0.39 is 11.4 Å². The maximum atomic E-state index is 6.45. The Hall–Kier alpha value is -0.0700. The number of fused-ring (bicyclic) bond motifs is 2. The van der Waals surface area contributed by atoms with Crippen LogP contribution < -0.4 is 0 Å². The molecule has 8 atom stereocenters. The first-order valence-electron chi connectivity index (χ1n) is 8.93. The van der Waals surface area contributed by atoms with Crippen molar-refractivity contribution in [3.05, 3.63) is 12.7 Å². The van der Waals surface area contributed by atoms with Gasteiger partial charge in [0.1, 0.15) is 5.44 Å². The molecule has 2 bridgehead atoms. The van der Waals surface area contributed by atoms with Crippen LogP contribution in [0.1, 0.15) is 46.5 Å². The van der Waals surface area contributed by atoms with Crippen LogP contribution in [-0.4, -0.2) is 28.9 Å². The fourth-order valence-corrected chi connectivity index (χ4v) is 6.22.